The largest absolute Gasteiger partial charge is 0.342 e. The molecule has 1 unspecified atom stereocenters. The van der Waals surface area contributed by atoms with Gasteiger partial charge in [-0.15, -0.1) is 5.10 Å². The van der Waals surface area contributed by atoms with Crippen molar-refractivity contribution in [2.75, 3.05) is 23.7 Å². The number of fused-ring (bicyclic) bond motifs is 1. The summed E-state index contributed by atoms with van der Waals surface area (Å²) in [7, 11) is 1.64. The fourth-order valence-electron chi connectivity index (χ4n) is 4.43. The SMILES string of the molecule is CC1CCCN(c2nc3c(c(=O)[nH]c(=O)n3C)n2CCCSc2nnnn2-c2ccccc2)C1. The number of aryl methyl sites for hydroxylation is 2. The van der Waals surface area contributed by atoms with E-state index >= 15 is 0 Å². The van der Waals surface area contributed by atoms with Crippen molar-refractivity contribution in [1.82, 2.24) is 39.3 Å². The van der Waals surface area contributed by atoms with Crippen LogP contribution in [-0.2, 0) is 13.6 Å². The third-order valence-electron chi connectivity index (χ3n) is 6.13. The molecule has 11 nitrogen and oxygen atoms in total. The summed E-state index contributed by atoms with van der Waals surface area (Å²) in [5.74, 6) is 2.07. The topological polar surface area (TPSA) is 120 Å². The molecule has 0 bridgehead atoms. The van der Waals surface area contributed by atoms with E-state index < -0.39 is 11.2 Å². The van der Waals surface area contributed by atoms with Crippen molar-refractivity contribution in [1.29, 1.82) is 0 Å². The van der Waals surface area contributed by atoms with Crippen LogP contribution in [0.2, 0.25) is 0 Å². The summed E-state index contributed by atoms with van der Waals surface area (Å²) in [6, 6.07) is 9.77. The normalized spacial score (nSPS) is 16.4. The van der Waals surface area contributed by atoms with E-state index in [2.05, 4.69) is 32.3 Å². The van der Waals surface area contributed by atoms with E-state index in [-0.39, 0.29) is 0 Å². The smallest absolute Gasteiger partial charge is 0.329 e. The number of H-pyrrole nitrogens is 1. The number of nitrogens with zero attached hydrogens (tertiary/aromatic N) is 8. The molecule has 4 heterocycles. The van der Waals surface area contributed by atoms with Crippen LogP contribution in [0.1, 0.15) is 26.2 Å². The molecule has 5 rings (SSSR count). The number of aromatic nitrogens is 8. The Bertz CT molecular complexity index is 1410. The molecule has 1 N–H and O–H groups in total. The Morgan fingerprint density at radius 2 is 2.03 bits per heavy atom. The van der Waals surface area contributed by atoms with Gasteiger partial charge in [-0.25, -0.2) is 4.79 Å². The fourth-order valence-corrected chi connectivity index (χ4v) is 5.25. The fraction of sp³-hybridized carbons (Fsp3) is 0.455. The molecular weight excluding hydrogens is 454 g/mol. The van der Waals surface area contributed by atoms with Crippen LogP contribution in [-0.4, -0.2) is 58.2 Å². The molecule has 0 aliphatic carbocycles. The number of hydrogen-bond donors (Lipinski definition) is 1. The summed E-state index contributed by atoms with van der Waals surface area (Å²) in [5.41, 5.74) is 0.910. The number of hydrogen-bond acceptors (Lipinski definition) is 8. The van der Waals surface area contributed by atoms with E-state index in [1.807, 2.05) is 34.9 Å². The number of piperidine rings is 1. The van der Waals surface area contributed by atoms with Crippen LogP contribution < -0.4 is 16.1 Å². The number of nitrogens with one attached hydrogen (secondary N) is 1. The predicted octanol–water partition coefficient (Wildman–Crippen LogP) is 1.82. The average molecular weight is 482 g/mol. The van der Waals surface area contributed by atoms with E-state index in [9.17, 15) is 9.59 Å². The second-order valence-corrected chi connectivity index (χ2v) is 9.72. The monoisotopic (exact) mass is 481 g/mol. The lowest BCUT2D eigenvalue weighted by atomic mass is 10.0. The van der Waals surface area contributed by atoms with Crippen molar-refractivity contribution in [2.24, 2.45) is 13.0 Å². The number of rotatable bonds is 7. The Labute approximate surface area is 199 Å². The summed E-state index contributed by atoms with van der Waals surface area (Å²) in [5, 5.41) is 12.8. The summed E-state index contributed by atoms with van der Waals surface area (Å²) >= 11 is 1.57. The van der Waals surface area contributed by atoms with E-state index in [1.165, 1.54) is 11.0 Å². The summed E-state index contributed by atoms with van der Waals surface area (Å²) in [4.78, 5) is 34.4. The van der Waals surface area contributed by atoms with E-state index in [0.29, 0.717) is 28.8 Å². The number of para-hydroxylation sites is 1. The first-order valence-corrected chi connectivity index (χ1v) is 12.4. The van der Waals surface area contributed by atoms with Gasteiger partial charge in [-0.1, -0.05) is 36.9 Å². The molecule has 0 saturated carbocycles. The van der Waals surface area contributed by atoms with Crippen molar-refractivity contribution in [3.8, 4) is 5.69 Å². The van der Waals surface area contributed by atoms with Crippen LogP contribution in [0.15, 0.2) is 45.1 Å². The molecule has 34 heavy (non-hydrogen) atoms. The van der Waals surface area contributed by atoms with E-state index in [0.717, 1.165) is 43.3 Å². The lowest BCUT2D eigenvalue weighted by Crippen LogP contribution is -2.36. The first kappa shape index (κ1) is 22.4. The maximum Gasteiger partial charge on any atom is 0.329 e. The van der Waals surface area contributed by atoms with Gasteiger partial charge in [0, 0.05) is 32.4 Å². The highest BCUT2D eigenvalue weighted by Crippen LogP contribution is 2.26. The first-order chi connectivity index (χ1) is 16.5. The number of imidazole rings is 1. The molecular formula is C22H27N9O2S. The summed E-state index contributed by atoms with van der Waals surface area (Å²) < 4.78 is 5.09. The van der Waals surface area contributed by atoms with Gasteiger partial charge in [0.05, 0.1) is 5.69 Å². The molecule has 1 aliphatic heterocycles. The maximum absolute atomic E-state index is 12.8. The van der Waals surface area contributed by atoms with Crippen LogP contribution >= 0.6 is 11.8 Å². The summed E-state index contributed by atoms with van der Waals surface area (Å²) in [6.45, 7) is 4.60. The molecule has 4 aromatic rings. The highest BCUT2D eigenvalue weighted by Gasteiger charge is 2.24. The Morgan fingerprint density at radius 1 is 1.21 bits per heavy atom. The number of thioether (sulfide) groups is 1. The first-order valence-electron chi connectivity index (χ1n) is 11.4. The van der Waals surface area contributed by atoms with Crippen LogP contribution in [0.4, 0.5) is 5.95 Å². The van der Waals surface area contributed by atoms with Crippen molar-refractivity contribution >= 4 is 28.9 Å². The van der Waals surface area contributed by atoms with Crippen LogP contribution in [0.3, 0.4) is 0 Å². The van der Waals surface area contributed by atoms with E-state index in [1.54, 1.807) is 23.5 Å². The number of benzene rings is 1. The van der Waals surface area contributed by atoms with Crippen LogP contribution in [0.5, 0.6) is 0 Å². The van der Waals surface area contributed by atoms with Gasteiger partial charge >= 0.3 is 5.69 Å². The summed E-state index contributed by atoms with van der Waals surface area (Å²) in [6.07, 6.45) is 3.04. The van der Waals surface area contributed by atoms with Gasteiger partial charge in [0.1, 0.15) is 0 Å². The lowest BCUT2D eigenvalue weighted by molar-refractivity contribution is 0.438. The standard InChI is InChI=1S/C22H27N9O2S/c1-15-8-6-11-29(14-15)20-23-18-17(19(32)24-21(33)28(18)2)30(20)12-7-13-34-22-25-26-27-31(22)16-9-4-3-5-10-16/h3-5,9-10,15H,6-8,11-14H2,1-2H3,(H,24,32,33). The van der Waals surface area contributed by atoms with Gasteiger partial charge in [0.2, 0.25) is 11.1 Å². The zero-order valence-corrected chi connectivity index (χ0v) is 20.0. The van der Waals surface area contributed by atoms with Gasteiger partial charge in [0.15, 0.2) is 11.2 Å². The van der Waals surface area contributed by atoms with Crippen LogP contribution in [0.25, 0.3) is 16.9 Å². The Hall–Kier alpha value is -3.41. The van der Waals surface area contributed by atoms with Crippen LogP contribution in [0, 0.1) is 5.92 Å². The third kappa shape index (κ3) is 4.25. The second-order valence-electron chi connectivity index (χ2n) is 8.66. The number of anilines is 1. The van der Waals surface area contributed by atoms with Gasteiger partial charge in [-0.3, -0.25) is 14.3 Å². The molecule has 3 aromatic heterocycles. The quantitative estimate of drug-likeness (QED) is 0.314. The molecule has 1 aliphatic rings. The zero-order chi connectivity index (χ0) is 23.7. The molecule has 178 valence electrons. The minimum Gasteiger partial charge on any atom is -0.342 e. The van der Waals surface area contributed by atoms with Crippen molar-refractivity contribution in [3.63, 3.8) is 0 Å². The van der Waals surface area contributed by atoms with Crippen molar-refractivity contribution in [2.45, 2.75) is 37.9 Å². The molecule has 0 amide bonds. The molecule has 1 saturated heterocycles. The van der Waals surface area contributed by atoms with Gasteiger partial charge < -0.3 is 9.47 Å². The lowest BCUT2D eigenvalue weighted by Gasteiger charge is -2.32. The second kappa shape index (κ2) is 9.45. The van der Waals surface area contributed by atoms with Gasteiger partial charge in [-0.05, 0) is 47.7 Å². The van der Waals surface area contributed by atoms with Crippen molar-refractivity contribution in [3.05, 3.63) is 51.2 Å². The minimum absolute atomic E-state index is 0.400. The average Bonchev–Trinajstić information content (AvgIpc) is 3.46. The Balaban J connectivity index is 1.39. The predicted molar refractivity (Wildman–Crippen MR) is 131 cm³/mol. The molecule has 1 atom stereocenters. The maximum atomic E-state index is 12.8. The molecule has 1 aromatic carbocycles. The highest BCUT2D eigenvalue weighted by atomic mass is 32.2. The molecule has 1 fully saturated rings. The third-order valence-corrected chi connectivity index (χ3v) is 7.13. The number of tetrazole rings is 1. The number of aromatic amines is 1. The molecule has 0 spiro atoms. The molecule has 0 radical (unpaired) electrons. The zero-order valence-electron chi connectivity index (χ0n) is 19.2. The minimum atomic E-state index is -0.455. The molecule has 12 heteroatoms. The van der Waals surface area contributed by atoms with E-state index in [4.69, 9.17) is 4.98 Å². The Morgan fingerprint density at radius 3 is 2.82 bits per heavy atom. The van der Waals surface area contributed by atoms with Gasteiger partial charge in [0.25, 0.3) is 5.56 Å². The highest BCUT2D eigenvalue weighted by molar-refractivity contribution is 7.99. The Kier molecular flexibility index (Phi) is 6.22. The van der Waals surface area contributed by atoms with Crippen molar-refractivity contribution < 1.29 is 0 Å². The van der Waals surface area contributed by atoms with Gasteiger partial charge in [-0.2, -0.15) is 9.67 Å².